The van der Waals surface area contributed by atoms with Gasteiger partial charge in [0.25, 0.3) is 0 Å². The van der Waals surface area contributed by atoms with Crippen molar-refractivity contribution in [3.8, 4) is 0 Å². The molecule has 0 fully saturated rings. The summed E-state index contributed by atoms with van der Waals surface area (Å²) in [6.07, 6.45) is 0.369. The Morgan fingerprint density at radius 1 is 1.17 bits per heavy atom. The van der Waals surface area contributed by atoms with Gasteiger partial charge in [0, 0.05) is 10.7 Å². The zero-order valence-electron chi connectivity index (χ0n) is 10.1. The van der Waals surface area contributed by atoms with Gasteiger partial charge in [-0.15, -0.1) is 0 Å². The molecule has 1 N–H and O–H groups in total. The second-order valence-corrected chi connectivity index (χ2v) is 4.66. The van der Waals surface area contributed by atoms with Crippen LogP contribution >= 0.6 is 11.6 Å². The zero-order valence-corrected chi connectivity index (χ0v) is 10.9. The number of carbonyl (C=O) groups is 1. The van der Waals surface area contributed by atoms with Gasteiger partial charge in [0.15, 0.2) is 0 Å². The normalized spacial score (nSPS) is 10.1. The van der Waals surface area contributed by atoms with Gasteiger partial charge >= 0.3 is 0 Å². The van der Waals surface area contributed by atoms with Crippen LogP contribution in [-0.4, -0.2) is 5.91 Å². The summed E-state index contributed by atoms with van der Waals surface area (Å²) < 4.78 is 0. The average Bonchev–Trinajstić information content (AvgIpc) is 2.28. The summed E-state index contributed by atoms with van der Waals surface area (Å²) >= 11 is 5.86. The number of anilines is 1. The van der Waals surface area contributed by atoms with Crippen molar-refractivity contribution in [3.05, 3.63) is 64.7 Å². The molecule has 0 aromatic heterocycles. The van der Waals surface area contributed by atoms with E-state index >= 15 is 0 Å². The molecule has 0 bridgehead atoms. The SMILES string of the molecule is Cc1cccc(CC(=O)Nc2cccc(Cl)c2)c1. The monoisotopic (exact) mass is 259 g/mol. The molecule has 2 aromatic carbocycles. The number of halogens is 1. The maximum atomic E-state index is 11.9. The third kappa shape index (κ3) is 3.60. The molecule has 0 aliphatic rings. The third-order valence-corrected chi connectivity index (χ3v) is 2.79. The molecule has 1 amide bonds. The molecule has 2 aromatic rings. The highest BCUT2D eigenvalue weighted by Crippen LogP contribution is 2.15. The van der Waals surface area contributed by atoms with Gasteiger partial charge in [0.2, 0.25) is 5.91 Å². The van der Waals surface area contributed by atoms with Gasteiger partial charge in [-0.05, 0) is 30.7 Å². The van der Waals surface area contributed by atoms with Gasteiger partial charge in [-0.2, -0.15) is 0 Å². The number of carbonyl (C=O) groups excluding carboxylic acids is 1. The Labute approximate surface area is 112 Å². The topological polar surface area (TPSA) is 29.1 Å². The fourth-order valence-electron chi connectivity index (χ4n) is 1.78. The quantitative estimate of drug-likeness (QED) is 0.892. The summed E-state index contributed by atoms with van der Waals surface area (Å²) in [5.41, 5.74) is 2.89. The lowest BCUT2D eigenvalue weighted by atomic mass is 10.1. The summed E-state index contributed by atoms with van der Waals surface area (Å²) in [4.78, 5) is 11.9. The number of hydrogen-bond acceptors (Lipinski definition) is 1. The number of hydrogen-bond donors (Lipinski definition) is 1. The summed E-state index contributed by atoms with van der Waals surface area (Å²) in [6.45, 7) is 2.01. The van der Waals surface area contributed by atoms with Crippen molar-refractivity contribution in [2.24, 2.45) is 0 Å². The molecule has 2 rings (SSSR count). The molecular weight excluding hydrogens is 246 g/mol. The van der Waals surface area contributed by atoms with Crippen LogP contribution in [0, 0.1) is 6.92 Å². The Kier molecular flexibility index (Phi) is 4.00. The van der Waals surface area contributed by atoms with Crippen LogP contribution in [0.1, 0.15) is 11.1 Å². The Hall–Kier alpha value is -1.80. The Bertz CT molecular complexity index is 516. The number of amides is 1. The van der Waals surface area contributed by atoms with Crippen LogP contribution in [0.3, 0.4) is 0 Å². The minimum Gasteiger partial charge on any atom is -0.326 e. The fourth-order valence-corrected chi connectivity index (χ4v) is 1.97. The molecule has 0 saturated heterocycles. The Balaban J connectivity index is 2.01. The molecule has 0 saturated carbocycles. The third-order valence-electron chi connectivity index (χ3n) is 2.56. The molecule has 92 valence electrons. The minimum atomic E-state index is -0.0390. The van der Waals surface area contributed by atoms with Gasteiger partial charge in [0.05, 0.1) is 6.42 Å². The summed E-state index contributed by atoms with van der Waals surface area (Å²) in [7, 11) is 0. The predicted octanol–water partition coefficient (Wildman–Crippen LogP) is 3.83. The second kappa shape index (κ2) is 5.69. The zero-order chi connectivity index (χ0) is 13.0. The van der Waals surface area contributed by atoms with E-state index in [1.165, 1.54) is 0 Å². The highest BCUT2D eigenvalue weighted by Gasteiger charge is 2.04. The smallest absolute Gasteiger partial charge is 0.228 e. The standard InChI is InChI=1S/C15H14ClNO/c1-11-4-2-5-12(8-11)9-15(18)17-14-7-3-6-13(16)10-14/h2-8,10H,9H2,1H3,(H,17,18). The predicted molar refractivity (Wildman–Crippen MR) is 75.0 cm³/mol. The maximum absolute atomic E-state index is 11.9. The molecular formula is C15H14ClNO. The minimum absolute atomic E-state index is 0.0390. The Morgan fingerprint density at radius 3 is 2.67 bits per heavy atom. The van der Waals surface area contributed by atoms with Gasteiger partial charge in [-0.1, -0.05) is 47.5 Å². The van der Waals surface area contributed by atoms with E-state index < -0.39 is 0 Å². The molecule has 0 spiro atoms. The Morgan fingerprint density at radius 2 is 1.94 bits per heavy atom. The van der Waals surface area contributed by atoms with Crippen molar-refractivity contribution in [2.45, 2.75) is 13.3 Å². The van der Waals surface area contributed by atoms with Crippen molar-refractivity contribution in [2.75, 3.05) is 5.32 Å². The average molecular weight is 260 g/mol. The number of benzene rings is 2. The van der Waals surface area contributed by atoms with E-state index in [9.17, 15) is 4.79 Å². The molecule has 0 heterocycles. The first-order valence-electron chi connectivity index (χ1n) is 5.74. The lowest BCUT2D eigenvalue weighted by Crippen LogP contribution is -2.14. The second-order valence-electron chi connectivity index (χ2n) is 4.22. The maximum Gasteiger partial charge on any atom is 0.228 e. The van der Waals surface area contributed by atoms with E-state index in [4.69, 9.17) is 11.6 Å². The molecule has 2 nitrogen and oxygen atoms in total. The van der Waals surface area contributed by atoms with E-state index in [1.54, 1.807) is 12.1 Å². The highest BCUT2D eigenvalue weighted by atomic mass is 35.5. The lowest BCUT2D eigenvalue weighted by Gasteiger charge is -2.06. The van der Waals surface area contributed by atoms with Gasteiger partial charge in [-0.25, -0.2) is 0 Å². The van der Waals surface area contributed by atoms with Gasteiger partial charge < -0.3 is 5.32 Å². The summed E-state index contributed by atoms with van der Waals surface area (Å²) in [5, 5.41) is 3.44. The molecule has 0 aliphatic heterocycles. The molecule has 0 radical (unpaired) electrons. The largest absolute Gasteiger partial charge is 0.326 e. The van der Waals surface area contributed by atoms with Crippen LogP contribution in [-0.2, 0) is 11.2 Å². The fraction of sp³-hybridized carbons (Fsp3) is 0.133. The number of nitrogens with one attached hydrogen (secondary N) is 1. The first-order valence-corrected chi connectivity index (χ1v) is 6.12. The van der Waals surface area contributed by atoms with E-state index in [2.05, 4.69) is 5.32 Å². The van der Waals surface area contributed by atoms with Crippen LogP contribution < -0.4 is 5.32 Å². The van der Waals surface area contributed by atoms with Crippen LogP contribution in [0.4, 0.5) is 5.69 Å². The number of aryl methyl sites for hydroxylation is 1. The molecule has 0 unspecified atom stereocenters. The molecule has 0 aliphatic carbocycles. The summed E-state index contributed by atoms with van der Waals surface area (Å²) in [5.74, 6) is -0.0390. The van der Waals surface area contributed by atoms with Crippen molar-refractivity contribution in [1.29, 1.82) is 0 Å². The molecule has 18 heavy (non-hydrogen) atoms. The van der Waals surface area contributed by atoms with Crippen LogP contribution in [0.5, 0.6) is 0 Å². The summed E-state index contributed by atoms with van der Waals surface area (Å²) in [6, 6.07) is 15.1. The van der Waals surface area contributed by atoms with Crippen molar-refractivity contribution >= 4 is 23.2 Å². The van der Waals surface area contributed by atoms with Gasteiger partial charge in [-0.3, -0.25) is 4.79 Å². The number of rotatable bonds is 3. The van der Waals surface area contributed by atoms with E-state index in [0.29, 0.717) is 11.4 Å². The van der Waals surface area contributed by atoms with Crippen molar-refractivity contribution in [3.63, 3.8) is 0 Å². The van der Waals surface area contributed by atoms with Crippen LogP contribution in [0.2, 0.25) is 5.02 Å². The highest BCUT2D eigenvalue weighted by molar-refractivity contribution is 6.30. The first-order chi connectivity index (χ1) is 8.63. The van der Waals surface area contributed by atoms with E-state index in [1.807, 2.05) is 43.3 Å². The van der Waals surface area contributed by atoms with E-state index in [-0.39, 0.29) is 5.91 Å². The molecule has 3 heteroatoms. The van der Waals surface area contributed by atoms with Crippen molar-refractivity contribution < 1.29 is 4.79 Å². The van der Waals surface area contributed by atoms with Crippen molar-refractivity contribution in [1.82, 2.24) is 0 Å². The first kappa shape index (κ1) is 12.7. The van der Waals surface area contributed by atoms with Gasteiger partial charge in [0.1, 0.15) is 0 Å². The van der Waals surface area contributed by atoms with Crippen LogP contribution in [0.25, 0.3) is 0 Å². The van der Waals surface area contributed by atoms with E-state index in [0.717, 1.165) is 16.8 Å². The molecule has 0 atom stereocenters. The lowest BCUT2D eigenvalue weighted by molar-refractivity contribution is -0.115. The van der Waals surface area contributed by atoms with Crippen LogP contribution in [0.15, 0.2) is 48.5 Å².